The molecule has 0 N–H and O–H groups in total. The highest BCUT2D eigenvalue weighted by Gasteiger charge is 2.24. The molecule has 0 saturated carbocycles. The molecule has 0 aromatic carbocycles. The van der Waals surface area contributed by atoms with Gasteiger partial charge in [0.1, 0.15) is 0 Å². The number of rotatable bonds is 2. The number of halogens is 1. The summed E-state index contributed by atoms with van der Waals surface area (Å²) in [6, 6.07) is 0.637. The van der Waals surface area contributed by atoms with Crippen molar-refractivity contribution in [2.45, 2.75) is 38.6 Å². The molecule has 0 bridgehead atoms. The van der Waals surface area contributed by atoms with E-state index in [9.17, 15) is 0 Å². The van der Waals surface area contributed by atoms with Crippen LogP contribution >= 0.6 is 11.6 Å². The monoisotopic (exact) mass is 239 g/mol. The van der Waals surface area contributed by atoms with Crippen LogP contribution in [0.1, 0.15) is 38.3 Å². The summed E-state index contributed by atoms with van der Waals surface area (Å²) in [7, 11) is 0. The van der Waals surface area contributed by atoms with Gasteiger partial charge in [-0.15, -0.1) is 0 Å². The average molecular weight is 240 g/mol. The second-order valence-corrected chi connectivity index (χ2v) is 4.99. The molecule has 3 nitrogen and oxygen atoms in total. The van der Waals surface area contributed by atoms with Gasteiger partial charge in [0.25, 0.3) is 0 Å². The van der Waals surface area contributed by atoms with Crippen LogP contribution in [0.5, 0.6) is 0 Å². The molecule has 1 aliphatic rings. The summed E-state index contributed by atoms with van der Waals surface area (Å²) in [6.07, 6.45) is 5.65. The van der Waals surface area contributed by atoms with Crippen molar-refractivity contribution in [3.05, 3.63) is 23.2 Å². The van der Waals surface area contributed by atoms with Crippen molar-refractivity contribution in [1.29, 1.82) is 0 Å². The first kappa shape index (κ1) is 11.8. The molecule has 0 aliphatic carbocycles. The van der Waals surface area contributed by atoms with Crippen LogP contribution in [0, 0.1) is 0 Å². The molecule has 2 heterocycles. The van der Waals surface area contributed by atoms with Crippen molar-refractivity contribution in [3.8, 4) is 0 Å². The summed E-state index contributed by atoms with van der Waals surface area (Å²) >= 11 is 6.07. The van der Waals surface area contributed by atoms with Gasteiger partial charge in [0, 0.05) is 24.4 Å². The molecule has 4 heteroatoms. The van der Waals surface area contributed by atoms with E-state index in [1.165, 1.54) is 0 Å². The van der Waals surface area contributed by atoms with E-state index in [1.807, 2.05) is 0 Å². The van der Waals surface area contributed by atoms with Gasteiger partial charge < -0.3 is 4.90 Å². The molecule has 0 radical (unpaired) electrons. The van der Waals surface area contributed by atoms with Gasteiger partial charge in [0.15, 0.2) is 5.15 Å². The first-order valence-corrected chi connectivity index (χ1v) is 6.26. The SMILES string of the molecule is CC(C)N1CCC(c2nccnc2Cl)CC1. The van der Waals surface area contributed by atoms with Gasteiger partial charge in [-0.05, 0) is 39.8 Å². The van der Waals surface area contributed by atoms with Crippen molar-refractivity contribution in [3.63, 3.8) is 0 Å². The zero-order valence-electron chi connectivity index (χ0n) is 9.86. The maximum atomic E-state index is 6.07. The van der Waals surface area contributed by atoms with Crippen LogP contribution in [-0.4, -0.2) is 34.0 Å². The number of aromatic nitrogens is 2. The lowest BCUT2D eigenvalue weighted by atomic mass is 9.93. The summed E-state index contributed by atoms with van der Waals surface area (Å²) in [5, 5.41) is 0.575. The number of hydrogen-bond acceptors (Lipinski definition) is 3. The lowest BCUT2D eigenvalue weighted by molar-refractivity contribution is 0.170. The Morgan fingerprint density at radius 3 is 2.44 bits per heavy atom. The zero-order valence-corrected chi connectivity index (χ0v) is 10.6. The topological polar surface area (TPSA) is 29.0 Å². The standard InChI is InChI=1S/C12H18ClN3/c1-9(2)16-7-3-10(4-8-16)11-12(13)15-6-5-14-11/h5-6,9-10H,3-4,7-8H2,1-2H3. The van der Waals surface area contributed by atoms with Crippen molar-refractivity contribution in [2.24, 2.45) is 0 Å². The number of hydrogen-bond donors (Lipinski definition) is 0. The normalized spacial score (nSPS) is 19.2. The summed E-state index contributed by atoms with van der Waals surface area (Å²) in [4.78, 5) is 11.0. The van der Waals surface area contributed by atoms with E-state index in [0.717, 1.165) is 31.6 Å². The van der Waals surface area contributed by atoms with E-state index < -0.39 is 0 Å². The molecule has 1 fully saturated rings. The minimum absolute atomic E-state index is 0.483. The molecule has 1 saturated heterocycles. The van der Waals surface area contributed by atoms with Gasteiger partial charge in [-0.2, -0.15) is 0 Å². The van der Waals surface area contributed by atoms with Gasteiger partial charge >= 0.3 is 0 Å². The van der Waals surface area contributed by atoms with Gasteiger partial charge in [0.2, 0.25) is 0 Å². The Balaban J connectivity index is 2.02. The molecule has 1 aromatic heterocycles. The summed E-state index contributed by atoms with van der Waals surface area (Å²) < 4.78 is 0. The summed E-state index contributed by atoms with van der Waals surface area (Å²) in [5.74, 6) is 0.483. The molecule has 16 heavy (non-hydrogen) atoms. The average Bonchev–Trinajstić information content (AvgIpc) is 2.30. The van der Waals surface area contributed by atoms with Gasteiger partial charge in [-0.25, -0.2) is 4.98 Å². The molecule has 0 spiro atoms. The van der Waals surface area contributed by atoms with Crippen molar-refractivity contribution in [1.82, 2.24) is 14.9 Å². The smallest absolute Gasteiger partial charge is 0.150 e. The molecule has 2 rings (SSSR count). The Labute approximate surface area is 102 Å². The van der Waals surface area contributed by atoms with E-state index in [4.69, 9.17) is 11.6 Å². The van der Waals surface area contributed by atoms with Crippen molar-refractivity contribution < 1.29 is 0 Å². The fourth-order valence-corrected chi connectivity index (χ4v) is 2.55. The summed E-state index contributed by atoms with van der Waals surface area (Å²) in [6.45, 7) is 6.76. The molecule has 0 atom stereocenters. The number of piperidine rings is 1. The highest BCUT2D eigenvalue weighted by atomic mass is 35.5. The fraction of sp³-hybridized carbons (Fsp3) is 0.667. The van der Waals surface area contributed by atoms with Crippen LogP contribution in [0.4, 0.5) is 0 Å². The van der Waals surface area contributed by atoms with Gasteiger partial charge in [-0.3, -0.25) is 4.98 Å². The Morgan fingerprint density at radius 1 is 1.25 bits per heavy atom. The first-order chi connectivity index (χ1) is 7.68. The predicted octanol–water partition coefficient (Wildman–Crippen LogP) is 2.72. The predicted molar refractivity (Wildman–Crippen MR) is 65.7 cm³/mol. The van der Waals surface area contributed by atoms with Crippen LogP contribution in [-0.2, 0) is 0 Å². The Kier molecular flexibility index (Phi) is 3.77. The Hall–Kier alpha value is -0.670. The molecule has 0 unspecified atom stereocenters. The largest absolute Gasteiger partial charge is 0.301 e. The van der Waals surface area contributed by atoms with E-state index >= 15 is 0 Å². The van der Waals surface area contributed by atoms with Crippen LogP contribution in [0.3, 0.4) is 0 Å². The van der Waals surface area contributed by atoms with Crippen LogP contribution in [0.2, 0.25) is 5.15 Å². The second kappa shape index (κ2) is 5.11. The third-order valence-electron chi connectivity index (χ3n) is 3.33. The van der Waals surface area contributed by atoms with Gasteiger partial charge in [0.05, 0.1) is 5.69 Å². The van der Waals surface area contributed by atoms with Gasteiger partial charge in [-0.1, -0.05) is 11.6 Å². The molecule has 1 aliphatic heterocycles. The van der Waals surface area contributed by atoms with E-state index in [0.29, 0.717) is 17.1 Å². The third kappa shape index (κ3) is 2.53. The minimum Gasteiger partial charge on any atom is -0.301 e. The Morgan fingerprint density at radius 2 is 1.88 bits per heavy atom. The molecule has 1 aromatic rings. The third-order valence-corrected chi connectivity index (χ3v) is 3.62. The van der Waals surface area contributed by atoms with Crippen LogP contribution < -0.4 is 0 Å². The lowest BCUT2D eigenvalue weighted by Gasteiger charge is -2.34. The Bertz CT molecular complexity index is 346. The van der Waals surface area contributed by atoms with Crippen LogP contribution in [0.15, 0.2) is 12.4 Å². The highest BCUT2D eigenvalue weighted by Crippen LogP contribution is 2.30. The van der Waals surface area contributed by atoms with E-state index in [2.05, 4.69) is 28.7 Å². The maximum absolute atomic E-state index is 6.07. The molecular weight excluding hydrogens is 222 g/mol. The zero-order chi connectivity index (χ0) is 11.5. The fourth-order valence-electron chi connectivity index (χ4n) is 2.29. The molecule has 0 amide bonds. The minimum atomic E-state index is 0.483. The summed E-state index contributed by atoms with van der Waals surface area (Å²) in [5.41, 5.74) is 0.979. The number of nitrogens with zero attached hydrogens (tertiary/aromatic N) is 3. The second-order valence-electron chi connectivity index (χ2n) is 4.64. The lowest BCUT2D eigenvalue weighted by Crippen LogP contribution is -2.38. The quantitative estimate of drug-likeness (QED) is 0.795. The molecule has 88 valence electrons. The van der Waals surface area contributed by atoms with E-state index in [-0.39, 0.29) is 0 Å². The van der Waals surface area contributed by atoms with Crippen LogP contribution in [0.25, 0.3) is 0 Å². The van der Waals surface area contributed by atoms with Crippen molar-refractivity contribution >= 4 is 11.6 Å². The van der Waals surface area contributed by atoms with Crippen molar-refractivity contribution in [2.75, 3.05) is 13.1 Å². The molecular formula is C12H18ClN3. The maximum Gasteiger partial charge on any atom is 0.150 e. The highest BCUT2D eigenvalue weighted by molar-refractivity contribution is 6.30. The number of likely N-dealkylation sites (tertiary alicyclic amines) is 1. The van der Waals surface area contributed by atoms with E-state index in [1.54, 1.807) is 12.4 Å². The first-order valence-electron chi connectivity index (χ1n) is 5.89.